The molecule has 2 aromatic rings. The molecular weight excluding hydrogens is 216 g/mol. The summed E-state index contributed by atoms with van der Waals surface area (Å²) in [7, 11) is 0. The Hall–Kier alpha value is -1.81. The van der Waals surface area contributed by atoms with Gasteiger partial charge < -0.3 is 15.0 Å². The van der Waals surface area contributed by atoms with E-state index in [1.807, 2.05) is 32.0 Å². The zero-order valence-corrected chi connectivity index (χ0v) is 10.0. The van der Waals surface area contributed by atoms with Crippen LogP contribution in [0.2, 0.25) is 0 Å². The summed E-state index contributed by atoms with van der Waals surface area (Å²) < 4.78 is 10.6. The summed E-state index contributed by atoms with van der Waals surface area (Å²) in [5.74, 6) is 1.55. The summed E-state index contributed by atoms with van der Waals surface area (Å²) >= 11 is 0. The number of ether oxygens (including phenoxy) is 1. The second-order valence-corrected chi connectivity index (χ2v) is 4.08. The Kier molecular flexibility index (Phi) is 3.44. The van der Waals surface area contributed by atoms with Crippen molar-refractivity contribution in [1.29, 1.82) is 0 Å². The van der Waals surface area contributed by atoms with Crippen LogP contribution in [0.5, 0.6) is 5.75 Å². The fourth-order valence-electron chi connectivity index (χ4n) is 1.58. The smallest absolute Gasteiger partial charge is 0.174 e. The molecule has 90 valence electrons. The van der Waals surface area contributed by atoms with Gasteiger partial charge in [-0.2, -0.15) is 0 Å². The van der Waals surface area contributed by atoms with Crippen molar-refractivity contribution in [1.82, 2.24) is 5.16 Å². The van der Waals surface area contributed by atoms with Crippen molar-refractivity contribution >= 4 is 0 Å². The first-order valence-electron chi connectivity index (χ1n) is 5.55. The van der Waals surface area contributed by atoms with Gasteiger partial charge in [-0.15, -0.1) is 0 Å². The van der Waals surface area contributed by atoms with E-state index < -0.39 is 0 Å². The fourth-order valence-corrected chi connectivity index (χ4v) is 1.58. The summed E-state index contributed by atoms with van der Waals surface area (Å²) in [6.07, 6.45) is 1.60. The Labute approximate surface area is 100 Å². The predicted octanol–water partition coefficient (Wildman–Crippen LogP) is 2.58. The van der Waals surface area contributed by atoms with E-state index in [0.29, 0.717) is 12.4 Å². The minimum absolute atomic E-state index is 0.0389. The van der Waals surface area contributed by atoms with Gasteiger partial charge >= 0.3 is 0 Å². The van der Waals surface area contributed by atoms with Crippen LogP contribution in [0.3, 0.4) is 0 Å². The Bertz CT molecular complexity index is 478. The third kappa shape index (κ3) is 2.85. The highest BCUT2D eigenvalue weighted by atomic mass is 16.5. The van der Waals surface area contributed by atoms with Crippen LogP contribution in [0.4, 0.5) is 0 Å². The Balaban J connectivity index is 2.06. The van der Waals surface area contributed by atoms with Gasteiger partial charge in [0.05, 0.1) is 6.20 Å². The second kappa shape index (κ2) is 5.01. The van der Waals surface area contributed by atoms with Crippen LogP contribution < -0.4 is 10.5 Å². The van der Waals surface area contributed by atoms with Crippen LogP contribution in [0, 0.1) is 6.92 Å². The van der Waals surface area contributed by atoms with E-state index in [9.17, 15) is 0 Å². The molecule has 17 heavy (non-hydrogen) atoms. The van der Waals surface area contributed by atoms with Gasteiger partial charge in [-0.3, -0.25) is 0 Å². The minimum Gasteiger partial charge on any atom is -0.485 e. The normalized spacial score (nSPS) is 12.4. The lowest BCUT2D eigenvalue weighted by Gasteiger charge is -2.11. The molecule has 0 spiro atoms. The number of benzene rings is 1. The zero-order valence-electron chi connectivity index (χ0n) is 10.0. The van der Waals surface area contributed by atoms with Crippen molar-refractivity contribution in [3.63, 3.8) is 0 Å². The van der Waals surface area contributed by atoms with E-state index in [4.69, 9.17) is 15.0 Å². The van der Waals surface area contributed by atoms with Crippen molar-refractivity contribution < 1.29 is 9.26 Å². The maximum atomic E-state index is 5.82. The Morgan fingerprint density at radius 1 is 1.41 bits per heavy atom. The molecule has 4 heteroatoms. The van der Waals surface area contributed by atoms with Gasteiger partial charge in [0, 0.05) is 12.1 Å². The van der Waals surface area contributed by atoms with Gasteiger partial charge in [0.1, 0.15) is 12.4 Å². The maximum absolute atomic E-state index is 5.82. The third-order valence-corrected chi connectivity index (χ3v) is 2.59. The first kappa shape index (κ1) is 11.7. The molecule has 0 unspecified atom stereocenters. The third-order valence-electron chi connectivity index (χ3n) is 2.59. The number of aromatic nitrogens is 1. The molecule has 0 radical (unpaired) electrons. The van der Waals surface area contributed by atoms with E-state index >= 15 is 0 Å². The molecule has 0 saturated carbocycles. The van der Waals surface area contributed by atoms with Crippen LogP contribution >= 0.6 is 0 Å². The molecule has 0 saturated heterocycles. The Morgan fingerprint density at radius 2 is 2.24 bits per heavy atom. The van der Waals surface area contributed by atoms with Crippen LogP contribution in [0.25, 0.3) is 0 Å². The molecule has 1 heterocycles. The highest BCUT2D eigenvalue weighted by Gasteiger charge is 2.05. The lowest BCUT2D eigenvalue weighted by atomic mass is 10.1. The lowest BCUT2D eigenvalue weighted by molar-refractivity contribution is 0.248. The molecule has 4 nitrogen and oxygen atoms in total. The number of nitrogens with zero attached hydrogens (tertiary/aromatic N) is 1. The first-order valence-corrected chi connectivity index (χ1v) is 5.55. The van der Waals surface area contributed by atoms with Crippen molar-refractivity contribution in [3.05, 3.63) is 47.3 Å². The molecule has 1 aromatic carbocycles. The summed E-state index contributed by atoms with van der Waals surface area (Å²) in [5, 5.41) is 3.62. The van der Waals surface area contributed by atoms with E-state index in [1.165, 1.54) is 0 Å². The molecule has 0 aliphatic carbocycles. The maximum Gasteiger partial charge on any atom is 0.174 e. The molecule has 1 atom stereocenters. The molecule has 0 aliphatic heterocycles. The molecule has 0 amide bonds. The van der Waals surface area contributed by atoms with Crippen molar-refractivity contribution in [2.75, 3.05) is 0 Å². The monoisotopic (exact) mass is 232 g/mol. The largest absolute Gasteiger partial charge is 0.485 e. The van der Waals surface area contributed by atoms with Crippen molar-refractivity contribution in [2.45, 2.75) is 26.5 Å². The summed E-state index contributed by atoms with van der Waals surface area (Å²) in [6.45, 7) is 4.35. The molecular formula is C13H16N2O2. The summed E-state index contributed by atoms with van der Waals surface area (Å²) in [6, 6.07) is 7.78. The second-order valence-electron chi connectivity index (χ2n) is 4.08. The van der Waals surface area contributed by atoms with E-state index in [0.717, 1.165) is 16.9 Å². The van der Waals surface area contributed by atoms with Gasteiger partial charge in [-0.25, -0.2) is 0 Å². The SMILES string of the molecule is Cc1cc([C@H](C)N)ccc1OCc1ccno1. The van der Waals surface area contributed by atoms with Gasteiger partial charge in [-0.05, 0) is 31.0 Å². The highest BCUT2D eigenvalue weighted by molar-refractivity contribution is 5.37. The van der Waals surface area contributed by atoms with Gasteiger partial charge in [0.25, 0.3) is 0 Å². The van der Waals surface area contributed by atoms with E-state index in [-0.39, 0.29) is 6.04 Å². The zero-order chi connectivity index (χ0) is 12.3. The molecule has 2 N–H and O–H groups in total. The van der Waals surface area contributed by atoms with Crippen LogP contribution in [-0.4, -0.2) is 5.16 Å². The molecule has 0 bridgehead atoms. The molecule has 1 aromatic heterocycles. The molecule has 0 aliphatic rings. The average Bonchev–Trinajstić information content (AvgIpc) is 2.80. The van der Waals surface area contributed by atoms with Gasteiger partial charge in [0.2, 0.25) is 0 Å². The number of hydrogen-bond acceptors (Lipinski definition) is 4. The number of rotatable bonds is 4. The number of aryl methyl sites for hydroxylation is 1. The predicted molar refractivity (Wildman–Crippen MR) is 64.6 cm³/mol. The molecule has 2 rings (SSSR count). The van der Waals surface area contributed by atoms with Crippen LogP contribution in [0.1, 0.15) is 29.9 Å². The van der Waals surface area contributed by atoms with Gasteiger partial charge in [0.15, 0.2) is 5.76 Å². The van der Waals surface area contributed by atoms with Crippen molar-refractivity contribution in [3.8, 4) is 5.75 Å². The van der Waals surface area contributed by atoms with Crippen LogP contribution in [-0.2, 0) is 6.61 Å². The van der Waals surface area contributed by atoms with Crippen LogP contribution in [0.15, 0.2) is 35.0 Å². The summed E-state index contributed by atoms with van der Waals surface area (Å²) in [4.78, 5) is 0. The van der Waals surface area contributed by atoms with E-state index in [2.05, 4.69) is 5.16 Å². The number of hydrogen-bond donors (Lipinski definition) is 1. The van der Waals surface area contributed by atoms with Gasteiger partial charge in [-0.1, -0.05) is 17.3 Å². The minimum atomic E-state index is 0.0389. The highest BCUT2D eigenvalue weighted by Crippen LogP contribution is 2.22. The van der Waals surface area contributed by atoms with Crippen molar-refractivity contribution in [2.24, 2.45) is 5.73 Å². The standard InChI is InChI=1S/C13H16N2O2/c1-9-7-11(10(2)14)3-4-13(9)16-8-12-5-6-15-17-12/h3-7,10H,8,14H2,1-2H3/t10-/m0/s1. The molecule has 0 fully saturated rings. The van der Waals surface area contributed by atoms with E-state index in [1.54, 1.807) is 12.3 Å². The number of nitrogens with two attached hydrogens (primary N) is 1. The topological polar surface area (TPSA) is 61.3 Å². The summed E-state index contributed by atoms with van der Waals surface area (Å²) in [5.41, 5.74) is 7.99. The quantitative estimate of drug-likeness (QED) is 0.880. The first-order chi connectivity index (χ1) is 8.16. The Morgan fingerprint density at radius 3 is 2.82 bits per heavy atom. The average molecular weight is 232 g/mol. The lowest BCUT2D eigenvalue weighted by Crippen LogP contribution is -2.05. The fraction of sp³-hybridized carbons (Fsp3) is 0.308.